The van der Waals surface area contributed by atoms with Crippen molar-refractivity contribution < 1.29 is 0 Å². The Morgan fingerprint density at radius 3 is 2.95 bits per heavy atom. The first kappa shape index (κ1) is 13.2. The lowest BCUT2D eigenvalue weighted by Gasteiger charge is -2.28. The summed E-state index contributed by atoms with van der Waals surface area (Å²) in [5.41, 5.74) is 4.28. The minimum Gasteiger partial charge on any atom is -0.358 e. The van der Waals surface area contributed by atoms with Crippen LogP contribution in [0.1, 0.15) is 16.8 Å². The molecule has 0 bridgehead atoms. The maximum absolute atomic E-state index is 8.87. The van der Waals surface area contributed by atoms with Crippen LogP contribution in [0.25, 0.3) is 10.9 Å². The Balaban J connectivity index is 1.72. The van der Waals surface area contributed by atoms with Gasteiger partial charge in [-0.1, -0.05) is 11.6 Å². The SMILES string of the molecule is N#Cc1ccc(N2CCc3[nH]c4ccc(Cl)cc4c3C2)nc1. The summed E-state index contributed by atoms with van der Waals surface area (Å²) in [5, 5.41) is 10.8. The first-order chi connectivity index (χ1) is 10.7. The number of rotatable bonds is 1. The van der Waals surface area contributed by atoms with E-state index >= 15 is 0 Å². The van der Waals surface area contributed by atoms with Crippen LogP contribution < -0.4 is 4.90 Å². The third kappa shape index (κ3) is 2.11. The number of nitriles is 1. The predicted octanol–water partition coefficient (Wildman–Crippen LogP) is 3.65. The Morgan fingerprint density at radius 2 is 2.18 bits per heavy atom. The second kappa shape index (κ2) is 5.04. The van der Waals surface area contributed by atoms with Gasteiger partial charge in [0.25, 0.3) is 0 Å². The van der Waals surface area contributed by atoms with Gasteiger partial charge in [-0.2, -0.15) is 5.26 Å². The molecule has 0 radical (unpaired) electrons. The second-order valence-corrected chi connectivity index (χ2v) is 5.90. The van der Waals surface area contributed by atoms with Gasteiger partial charge >= 0.3 is 0 Å². The zero-order chi connectivity index (χ0) is 15.1. The van der Waals surface area contributed by atoms with Crippen LogP contribution in [-0.4, -0.2) is 16.5 Å². The van der Waals surface area contributed by atoms with Crippen molar-refractivity contribution in [2.45, 2.75) is 13.0 Å². The van der Waals surface area contributed by atoms with Crippen LogP contribution in [0.2, 0.25) is 5.02 Å². The monoisotopic (exact) mass is 308 g/mol. The van der Waals surface area contributed by atoms with Crippen LogP contribution in [0, 0.1) is 11.3 Å². The van der Waals surface area contributed by atoms with Gasteiger partial charge in [-0.15, -0.1) is 0 Å². The maximum Gasteiger partial charge on any atom is 0.128 e. The van der Waals surface area contributed by atoms with E-state index in [0.717, 1.165) is 35.9 Å². The van der Waals surface area contributed by atoms with E-state index in [-0.39, 0.29) is 0 Å². The van der Waals surface area contributed by atoms with Crippen molar-refractivity contribution in [2.24, 2.45) is 0 Å². The average Bonchev–Trinajstić information content (AvgIpc) is 2.92. The average molecular weight is 309 g/mol. The molecule has 0 atom stereocenters. The lowest BCUT2D eigenvalue weighted by atomic mass is 10.0. The Hall–Kier alpha value is -2.51. The van der Waals surface area contributed by atoms with Crippen molar-refractivity contribution >= 4 is 28.3 Å². The number of fused-ring (bicyclic) bond motifs is 3. The molecule has 1 aromatic carbocycles. The van der Waals surface area contributed by atoms with Gasteiger partial charge in [0, 0.05) is 52.9 Å². The van der Waals surface area contributed by atoms with Crippen LogP contribution in [0.4, 0.5) is 5.82 Å². The van der Waals surface area contributed by atoms with Gasteiger partial charge in [0.1, 0.15) is 11.9 Å². The van der Waals surface area contributed by atoms with Crippen LogP contribution >= 0.6 is 11.6 Å². The molecule has 0 saturated carbocycles. The molecule has 0 saturated heterocycles. The summed E-state index contributed by atoms with van der Waals surface area (Å²) < 4.78 is 0. The zero-order valence-electron chi connectivity index (χ0n) is 11.8. The van der Waals surface area contributed by atoms with E-state index < -0.39 is 0 Å². The molecule has 3 heterocycles. The van der Waals surface area contributed by atoms with E-state index in [4.69, 9.17) is 16.9 Å². The van der Waals surface area contributed by atoms with E-state index in [2.05, 4.69) is 20.9 Å². The number of pyridine rings is 1. The van der Waals surface area contributed by atoms with Gasteiger partial charge in [-0.25, -0.2) is 4.98 Å². The molecule has 5 heteroatoms. The van der Waals surface area contributed by atoms with Crippen LogP contribution in [-0.2, 0) is 13.0 Å². The highest BCUT2D eigenvalue weighted by atomic mass is 35.5. The number of nitrogens with zero attached hydrogens (tertiary/aromatic N) is 3. The molecule has 108 valence electrons. The summed E-state index contributed by atoms with van der Waals surface area (Å²) in [5.74, 6) is 0.904. The van der Waals surface area contributed by atoms with E-state index in [0.29, 0.717) is 5.56 Å². The number of benzene rings is 1. The summed E-state index contributed by atoms with van der Waals surface area (Å²) in [4.78, 5) is 10.1. The van der Waals surface area contributed by atoms with E-state index in [1.54, 1.807) is 6.20 Å². The summed E-state index contributed by atoms with van der Waals surface area (Å²) in [7, 11) is 0. The van der Waals surface area contributed by atoms with E-state index in [9.17, 15) is 0 Å². The molecule has 22 heavy (non-hydrogen) atoms. The summed E-state index contributed by atoms with van der Waals surface area (Å²) in [6, 6.07) is 11.8. The number of H-pyrrole nitrogens is 1. The summed E-state index contributed by atoms with van der Waals surface area (Å²) in [6.07, 6.45) is 2.57. The second-order valence-electron chi connectivity index (χ2n) is 5.46. The van der Waals surface area contributed by atoms with E-state index in [1.165, 1.54) is 16.6 Å². The number of nitrogens with one attached hydrogen (secondary N) is 1. The number of hydrogen-bond acceptors (Lipinski definition) is 3. The molecule has 4 nitrogen and oxygen atoms in total. The highest BCUT2D eigenvalue weighted by Gasteiger charge is 2.21. The minimum absolute atomic E-state index is 0.584. The topological polar surface area (TPSA) is 55.7 Å². The largest absolute Gasteiger partial charge is 0.358 e. The number of aromatic nitrogens is 2. The lowest BCUT2D eigenvalue weighted by Crippen LogP contribution is -2.30. The number of anilines is 1. The Labute approximate surface area is 133 Å². The normalized spacial score (nSPS) is 13.9. The van der Waals surface area contributed by atoms with Crippen LogP contribution in [0.3, 0.4) is 0 Å². The fraction of sp³-hybridized carbons (Fsp3) is 0.176. The molecule has 0 unspecified atom stereocenters. The highest BCUT2D eigenvalue weighted by Crippen LogP contribution is 2.31. The third-order valence-corrected chi connectivity index (χ3v) is 4.37. The van der Waals surface area contributed by atoms with Crippen molar-refractivity contribution in [2.75, 3.05) is 11.4 Å². The first-order valence-corrected chi connectivity index (χ1v) is 7.52. The smallest absolute Gasteiger partial charge is 0.128 e. The van der Waals surface area contributed by atoms with Gasteiger partial charge in [0.15, 0.2) is 0 Å². The summed E-state index contributed by atoms with van der Waals surface area (Å²) in [6.45, 7) is 1.71. The lowest BCUT2D eigenvalue weighted by molar-refractivity contribution is 0.716. The van der Waals surface area contributed by atoms with Crippen molar-refractivity contribution in [3.63, 3.8) is 0 Å². The highest BCUT2D eigenvalue weighted by molar-refractivity contribution is 6.31. The number of halogens is 1. The maximum atomic E-state index is 8.87. The quantitative estimate of drug-likeness (QED) is 0.746. The molecule has 0 aliphatic carbocycles. The zero-order valence-corrected chi connectivity index (χ0v) is 12.6. The molecular weight excluding hydrogens is 296 g/mol. The van der Waals surface area contributed by atoms with Crippen molar-refractivity contribution in [3.8, 4) is 6.07 Å². The molecule has 0 fully saturated rings. The predicted molar refractivity (Wildman–Crippen MR) is 87.0 cm³/mol. The molecule has 0 spiro atoms. The molecule has 4 rings (SSSR count). The van der Waals surface area contributed by atoms with Crippen molar-refractivity contribution in [3.05, 3.63) is 58.4 Å². The molecule has 1 aliphatic rings. The van der Waals surface area contributed by atoms with Gasteiger partial charge in [-0.3, -0.25) is 0 Å². The molecule has 1 N–H and O–H groups in total. The fourth-order valence-corrected chi connectivity index (χ4v) is 3.19. The third-order valence-electron chi connectivity index (χ3n) is 4.14. The van der Waals surface area contributed by atoms with Crippen LogP contribution in [0.5, 0.6) is 0 Å². The standard InChI is InChI=1S/C17H13ClN4/c18-12-2-3-15-13(7-12)14-10-22(6-5-16(14)21-15)17-4-1-11(8-19)9-20-17/h1-4,7,9,21H,5-6,10H2. The number of aromatic amines is 1. The Bertz CT molecular complexity index is 889. The molecule has 1 aliphatic heterocycles. The summed E-state index contributed by atoms with van der Waals surface area (Å²) >= 11 is 6.13. The van der Waals surface area contributed by atoms with Crippen molar-refractivity contribution in [1.29, 1.82) is 5.26 Å². The number of hydrogen-bond donors (Lipinski definition) is 1. The van der Waals surface area contributed by atoms with Gasteiger partial charge < -0.3 is 9.88 Å². The van der Waals surface area contributed by atoms with E-state index in [1.807, 2.05) is 30.3 Å². The Kier molecular flexibility index (Phi) is 3.02. The first-order valence-electron chi connectivity index (χ1n) is 7.14. The van der Waals surface area contributed by atoms with Crippen molar-refractivity contribution in [1.82, 2.24) is 9.97 Å². The van der Waals surface area contributed by atoms with Crippen LogP contribution in [0.15, 0.2) is 36.5 Å². The van der Waals surface area contributed by atoms with Gasteiger partial charge in [-0.05, 0) is 30.3 Å². The molecule has 0 amide bonds. The Morgan fingerprint density at radius 1 is 1.27 bits per heavy atom. The molecule has 3 aromatic rings. The van der Waals surface area contributed by atoms with Gasteiger partial charge in [0.05, 0.1) is 5.56 Å². The molecule has 2 aromatic heterocycles. The molecular formula is C17H13ClN4. The minimum atomic E-state index is 0.584. The van der Waals surface area contributed by atoms with Gasteiger partial charge in [0.2, 0.25) is 0 Å². The fourth-order valence-electron chi connectivity index (χ4n) is 3.02.